The van der Waals surface area contributed by atoms with E-state index in [1.165, 1.54) is 18.2 Å². The van der Waals surface area contributed by atoms with Crippen molar-refractivity contribution in [2.45, 2.75) is 0 Å². The summed E-state index contributed by atoms with van der Waals surface area (Å²) in [6, 6.07) is 16.3. The monoisotopic (exact) mass is 575 g/mol. The number of thioether (sulfide) groups is 1. The summed E-state index contributed by atoms with van der Waals surface area (Å²) in [7, 11) is 0. The van der Waals surface area contributed by atoms with E-state index >= 15 is 0 Å². The zero-order valence-corrected chi connectivity index (χ0v) is 19.7. The van der Waals surface area contributed by atoms with E-state index in [4.69, 9.17) is 4.42 Å². The number of nitro groups is 1. The molecule has 1 aliphatic rings. The third-order valence-corrected chi connectivity index (χ3v) is 6.17. The maximum atomic E-state index is 12.7. The van der Waals surface area contributed by atoms with Gasteiger partial charge in [-0.1, -0.05) is 12.1 Å². The van der Waals surface area contributed by atoms with Crippen molar-refractivity contribution < 1.29 is 23.7 Å². The molecule has 9 nitrogen and oxygen atoms in total. The van der Waals surface area contributed by atoms with Crippen LogP contribution in [0.3, 0.4) is 0 Å². The molecule has 1 aromatic heterocycles. The molecule has 0 aliphatic carbocycles. The Kier molecular flexibility index (Phi) is 6.60. The normalized spacial score (nSPS) is 14.7. The average Bonchev–Trinajstić information content (AvgIpc) is 3.36. The van der Waals surface area contributed by atoms with Crippen LogP contribution >= 0.6 is 34.4 Å². The lowest BCUT2D eigenvalue weighted by Gasteiger charge is -2.12. The molecule has 0 unspecified atom stereocenters. The van der Waals surface area contributed by atoms with Gasteiger partial charge in [0.05, 0.1) is 9.83 Å². The van der Waals surface area contributed by atoms with Gasteiger partial charge in [-0.3, -0.25) is 29.4 Å². The maximum absolute atomic E-state index is 12.7. The van der Waals surface area contributed by atoms with Gasteiger partial charge in [-0.05, 0) is 70.8 Å². The summed E-state index contributed by atoms with van der Waals surface area (Å²) in [5.41, 5.74) is 0.992. The molecule has 11 heteroatoms. The minimum absolute atomic E-state index is 0.0740. The molecule has 1 N–H and O–H groups in total. The molecule has 166 valence electrons. The zero-order valence-electron chi connectivity index (χ0n) is 16.7. The number of rotatable bonds is 6. The molecule has 2 aromatic carbocycles. The molecule has 1 fully saturated rings. The van der Waals surface area contributed by atoms with Gasteiger partial charge in [-0.25, -0.2) is 0 Å². The van der Waals surface area contributed by atoms with E-state index in [0.29, 0.717) is 34.5 Å². The number of amides is 3. The summed E-state index contributed by atoms with van der Waals surface area (Å²) in [5.74, 6) is -0.423. The third-order valence-electron chi connectivity index (χ3n) is 4.54. The van der Waals surface area contributed by atoms with E-state index in [9.17, 15) is 24.5 Å². The number of carbonyl (C=O) groups excluding carboxylic acids is 3. The van der Waals surface area contributed by atoms with Crippen LogP contribution in [0.15, 0.2) is 70.0 Å². The Morgan fingerprint density at radius 1 is 1.15 bits per heavy atom. The van der Waals surface area contributed by atoms with Crippen molar-refractivity contribution in [2.75, 3.05) is 11.9 Å². The fourth-order valence-corrected chi connectivity index (χ4v) is 4.18. The first kappa shape index (κ1) is 22.7. The third kappa shape index (κ3) is 5.31. The van der Waals surface area contributed by atoms with Crippen LogP contribution in [0, 0.1) is 13.7 Å². The van der Waals surface area contributed by atoms with Crippen molar-refractivity contribution in [1.29, 1.82) is 0 Å². The second-order valence-corrected chi connectivity index (χ2v) is 9.07. The molecule has 3 amide bonds. The van der Waals surface area contributed by atoms with E-state index in [-0.39, 0.29) is 10.6 Å². The van der Waals surface area contributed by atoms with Gasteiger partial charge in [0.15, 0.2) is 0 Å². The van der Waals surface area contributed by atoms with E-state index in [1.807, 2.05) is 12.1 Å². The van der Waals surface area contributed by atoms with Gasteiger partial charge in [-0.2, -0.15) is 0 Å². The molecule has 3 aromatic rings. The quantitative estimate of drug-likeness (QED) is 0.187. The summed E-state index contributed by atoms with van der Waals surface area (Å²) in [6.07, 6.45) is 1.41. The number of nitrogens with one attached hydrogen (secondary N) is 1. The van der Waals surface area contributed by atoms with Gasteiger partial charge >= 0.3 is 0 Å². The Hall–Kier alpha value is -3.45. The number of hydrogen-bond donors (Lipinski definition) is 1. The number of anilines is 1. The van der Waals surface area contributed by atoms with E-state index < -0.39 is 28.5 Å². The molecule has 4 rings (SSSR count). The number of imide groups is 1. The Bertz CT molecular complexity index is 1300. The fourth-order valence-electron chi connectivity index (χ4n) is 3.00. The highest BCUT2D eigenvalue weighted by molar-refractivity contribution is 14.1. The van der Waals surface area contributed by atoms with Gasteiger partial charge in [-0.15, -0.1) is 0 Å². The molecule has 1 saturated heterocycles. The Morgan fingerprint density at radius 2 is 1.91 bits per heavy atom. The number of nitro benzene ring substituents is 1. The van der Waals surface area contributed by atoms with Crippen LogP contribution in [-0.2, 0) is 9.59 Å². The smallest absolute Gasteiger partial charge is 0.294 e. The minimum atomic E-state index is -0.601. The maximum Gasteiger partial charge on any atom is 0.294 e. The molecular weight excluding hydrogens is 561 g/mol. The average molecular weight is 575 g/mol. The zero-order chi connectivity index (χ0) is 23.5. The second kappa shape index (κ2) is 9.58. The lowest BCUT2D eigenvalue weighted by atomic mass is 10.1. The van der Waals surface area contributed by atoms with Crippen LogP contribution in [0.4, 0.5) is 16.2 Å². The van der Waals surface area contributed by atoms with Gasteiger partial charge in [0, 0.05) is 33.0 Å². The van der Waals surface area contributed by atoms with Crippen LogP contribution in [0.5, 0.6) is 0 Å². The lowest BCUT2D eigenvalue weighted by Crippen LogP contribution is -2.36. The van der Waals surface area contributed by atoms with Crippen molar-refractivity contribution in [3.05, 3.63) is 85.0 Å². The van der Waals surface area contributed by atoms with Gasteiger partial charge < -0.3 is 9.73 Å². The predicted molar refractivity (Wildman–Crippen MR) is 131 cm³/mol. The first-order valence-corrected chi connectivity index (χ1v) is 11.3. The van der Waals surface area contributed by atoms with E-state index in [0.717, 1.165) is 8.47 Å². The Labute approximate surface area is 205 Å². The molecule has 1 aliphatic heterocycles. The van der Waals surface area contributed by atoms with Crippen LogP contribution < -0.4 is 5.32 Å². The minimum Gasteiger partial charge on any atom is -0.457 e. The van der Waals surface area contributed by atoms with E-state index in [2.05, 4.69) is 27.9 Å². The number of hydrogen-bond acceptors (Lipinski definition) is 7. The molecule has 0 saturated carbocycles. The van der Waals surface area contributed by atoms with Crippen molar-refractivity contribution in [1.82, 2.24) is 4.90 Å². The molecular formula is C22H14IN3O6S. The molecule has 0 bridgehead atoms. The first-order valence-electron chi connectivity index (χ1n) is 9.45. The van der Waals surface area contributed by atoms with Crippen molar-refractivity contribution in [2.24, 2.45) is 0 Å². The summed E-state index contributed by atoms with van der Waals surface area (Å²) < 4.78 is 6.69. The second-order valence-electron chi connectivity index (χ2n) is 6.83. The number of halogens is 1. The van der Waals surface area contributed by atoms with Gasteiger partial charge in [0.25, 0.3) is 16.8 Å². The SMILES string of the molecule is O=C(CN1C(=O)S/C(=C/c2ccc(-c3cccc([N+](=O)[O-])c3)o2)C1=O)Nc1ccc(I)cc1. The highest BCUT2D eigenvalue weighted by Gasteiger charge is 2.36. The summed E-state index contributed by atoms with van der Waals surface area (Å²) in [4.78, 5) is 48.7. The number of nitrogens with zero attached hydrogens (tertiary/aromatic N) is 2. The topological polar surface area (TPSA) is 123 Å². The standard InChI is InChI=1S/C22H14IN3O6S/c23-14-4-6-15(7-5-14)24-20(27)12-25-21(28)19(33-22(25)29)11-17-8-9-18(32-17)13-2-1-3-16(10-13)26(30)31/h1-11H,12H2,(H,24,27)/b19-11+. The highest BCUT2D eigenvalue weighted by atomic mass is 127. The summed E-state index contributed by atoms with van der Waals surface area (Å²) in [5, 5.41) is 13.1. The van der Waals surface area contributed by atoms with Crippen molar-refractivity contribution >= 4 is 68.9 Å². The van der Waals surface area contributed by atoms with Crippen LogP contribution in [0.1, 0.15) is 5.76 Å². The van der Waals surface area contributed by atoms with Crippen LogP contribution in [0.2, 0.25) is 0 Å². The fraction of sp³-hybridized carbons (Fsp3) is 0.0455. The summed E-state index contributed by atoms with van der Waals surface area (Å²) in [6.45, 7) is -0.412. The number of benzene rings is 2. The number of furan rings is 1. The Balaban J connectivity index is 1.45. The van der Waals surface area contributed by atoms with Crippen molar-refractivity contribution in [3.8, 4) is 11.3 Å². The number of non-ortho nitro benzene ring substituents is 1. The lowest BCUT2D eigenvalue weighted by molar-refractivity contribution is -0.384. The molecule has 0 spiro atoms. The van der Waals surface area contributed by atoms with Gasteiger partial charge in [0.1, 0.15) is 18.1 Å². The molecule has 33 heavy (non-hydrogen) atoms. The van der Waals surface area contributed by atoms with Crippen LogP contribution in [-0.4, -0.2) is 33.4 Å². The highest BCUT2D eigenvalue weighted by Crippen LogP contribution is 2.33. The van der Waals surface area contributed by atoms with Crippen molar-refractivity contribution in [3.63, 3.8) is 0 Å². The molecule has 2 heterocycles. The first-order chi connectivity index (χ1) is 15.8. The summed E-state index contributed by atoms with van der Waals surface area (Å²) >= 11 is 2.85. The van der Waals surface area contributed by atoms with Gasteiger partial charge in [0.2, 0.25) is 5.91 Å². The number of carbonyl (C=O) groups is 3. The van der Waals surface area contributed by atoms with E-state index in [1.54, 1.807) is 36.4 Å². The molecule has 0 atom stereocenters. The Morgan fingerprint density at radius 3 is 2.64 bits per heavy atom. The largest absolute Gasteiger partial charge is 0.457 e. The molecule has 0 radical (unpaired) electrons. The predicted octanol–water partition coefficient (Wildman–Crippen LogP) is 5.13. The van der Waals surface area contributed by atoms with Crippen LogP contribution in [0.25, 0.3) is 17.4 Å².